The number of aliphatic hydroxyl groups is 1. The first kappa shape index (κ1) is 13.7. The number of anilines is 1. The lowest BCUT2D eigenvalue weighted by Gasteiger charge is -2.17. The number of alkyl halides is 3. The Morgan fingerprint density at radius 2 is 2.24 bits per heavy atom. The molecule has 0 saturated heterocycles. The Balaban J connectivity index is 2.78. The molecule has 1 heterocycles. The molecule has 1 aromatic rings. The van der Waals surface area contributed by atoms with Crippen LogP contribution in [-0.2, 0) is 10.9 Å². The first-order valence-corrected chi connectivity index (χ1v) is 4.87. The number of hydrogen-bond acceptors (Lipinski definition) is 4. The largest absolute Gasteiger partial charge is 0.433 e. The standard InChI is InChI=1S/C10H13F3N2O2/c1-17-6-8(5-16)15-7-2-3-14-9(4-7)10(11,12)13/h2-4,8,16H,5-6H2,1H3,(H,14,15). The summed E-state index contributed by atoms with van der Waals surface area (Å²) < 4.78 is 41.9. The Kier molecular flexibility index (Phi) is 4.71. The van der Waals surface area contributed by atoms with E-state index in [0.29, 0.717) is 0 Å². The van der Waals surface area contributed by atoms with E-state index in [2.05, 4.69) is 10.3 Å². The lowest BCUT2D eigenvalue weighted by molar-refractivity contribution is -0.141. The molecule has 1 rings (SSSR count). The van der Waals surface area contributed by atoms with Crippen molar-refractivity contribution in [2.24, 2.45) is 0 Å². The number of rotatable bonds is 5. The molecule has 0 radical (unpaired) electrons. The molecule has 0 bridgehead atoms. The molecule has 0 spiro atoms. The van der Waals surface area contributed by atoms with Gasteiger partial charge in [-0.3, -0.25) is 4.98 Å². The average Bonchev–Trinajstić information content (AvgIpc) is 2.28. The molecular formula is C10H13F3N2O2. The fourth-order valence-electron chi connectivity index (χ4n) is 1.25. The predicted octanol–water partition coefficient (Wildman–Crippen LogP) is 1.52. The molecular weight excluding hydrogens is 237 g/mol. The van der Waals surface area contributed by atoms with Gasteiger partial charge < -0.3 is 15.2 Å². The fourth-order valence-corrected chi connectivity index (χ4v) is 1.25. The summed E-state index contributed by atoms with van der Waals surface area (Å²) in [5.74, 6) is 0. The van der Waals surface area contributed by atoms with E-state index in [1.165, 1.54) is 13.2 Å². The number of aliphatic hydroxyl groups excluding tert-OH is 1. The predicted molar refractivity (Wildman–Crippen MR) is 55.6 cm³/mol. The SMILES string of the molecule is COCC(CO)Nc1ccnc(C(F)(F)F)c1. The first-order chi connectivity index (χ1) is 7.97. The summed E-state index contributed by atoms with van der Waals surface area (Å²) >= 11 is 0. The van der Waals surface area contributed by atoms with Gasteiger partial charge in [-0.25, -0.2) is 0 Å². The average molecular weight is 250 g/mol. The molecule has 0 fully saturated rings. The first-order valence-electron chi connectivity index (χ1n) is 4.87. The highest BCUT2D eigenvalue weighted by atomic mass is 19.4. The number of aromatic nitrogens is 1. The zero-order chi connectivity index (χ0) is 12.9. The summed E-state index contributed by atoms with van der Waals surface area (Å²) in [5, 5.41) is 11.7. The minimum absolute atomic E-state index is 0.195. The molecule has 0 aliphatic heterocycles. The highest BCUT2D eigenvalue weighted by Crippen LogP contribution is 2.28. The van der Waals surface area contributed by atoms with E-state index in [4.69, 9.17) is 9.84 Å². The Bertz CT molecular complexity index is 358. The maximum absolute atomic E-state index is 12.4. The van der Waals surface area contributed by atoms with Crippen molar-refractivity contribution < 1.29 is 23.0 Å². The van der Waals surface area contributed by atoms with Crippen LogP contribution in [0.4, 0.5) is 18.9 Å². The van der Waals surface area contributed by atoms with Crippen LogP contribution in [0.25, 0.3) is 0 Å². The van der Waals surface area contributed by atoms with Crippen LogP contribution in [0.1, 0.15) is 5.69 Å². The second-order valence-electron chi connectivity index (χ2n) is 3.41. The van der Waals surface area contributed by atoms with Crippen LogP contribution in [0, 0.1) is 0 Å². The number of pyridine rings is 1. The lowest BCUT2D eigenvalue weighted by atomic mass is 10.2. The van der Waals surface area contributed by atoms with Crippen molar-refractivity contribution in [3.05, 3.63) is 24.0 Å². The normalized spacial score (nSPS) is 13.5. The Labute approximate surface area is 96.4 Å². The number of hydrogen-bond donors (Lipinski definition) is 2. The van der Waals surface area contributed by atoms with Crippen molar-refractivity contribution in [2.75, 3.05) is 25.6 Å². The van der Waals surface area contributed by atoms with Crippen LogP contribution in [0.3, 0.4) is 0 Å². The van der Waals surface area contributed by atoms with E-state index in [-0.39, 0.29) is 18.9 Å². The zero-order valence-corrected chi connectivity index (χ0v) is 9.16. The smallest absolute Gasteiger partial charge is 0.394 e. The second-order valence-corrected chi connectivity index (χ2v) is 3.41. The Morgan fingerprint density at radius 1 is 1.53 bits per heavy atom. The van der Waals surface area contributed by atoms with Gasteiger partial charge in [0.1, 0.15) is 5.69 Å². The molecule has 0 amide bonds. The Hall–Kier alpha value is -1.34. The van der Waals surface area contributed by atoms with E-state index >= 15 is 0 Å². The molecule has 0 aliphatic rings. The highest BCUT2D eigenvalue weighted by molar-refractivity contribution is 5.44. The fraction of sp³-hybridized carbons (Fsp3) is 0.500. The number of nitrogens with one attached hydrogen (secondary N) is 1. The molecule has 1 atom stereocenters. The van der Waals surface area contributed by atoms with Gasteiger partial charge in [0, 0.05) is 19.0 Å². The number of methoxy groups -OCH3 is 1. The van der Waals surface area contributed by atoms with E-state index in [9.17, 15) is 13.2 Å². The van der Waals surface area contributed by atoms with Gasteiger partial charge in [-0.15, -0.1) is 0 Å². The monoisotopic (exact) mass is 250 g/mol. The molecule has 0 aromatic carbocycles. The molecule has 96 valence electrons. The minimum Gasteiger partial charge on any atom is -0.394 e. The molecule has 4 nitrogen and oxygen atoms in total. The Morgan fingerprint density at radius 3 is 2.76 bits per heavy atom. The summed E-state index contributed by atoms with van der Waals surface area (Å²) in [7, 11) is 1.44. The third-order valence-electron chi connectivity index (χ3n) is 2.01. The maximum atomic E-state index is 12.4. The van der Waals surface area contributed by atoms with Crippen LogP contribution in [-0.4, -0.2) is 36.5 Å². The topological polar surface area (TPSA) is 54.4 Å². The lowest BCUT2D eigenvalue weighted by Crippen LogP contribution is -2.28. The van der Waals surface area contributed by atoms with Crippen LogP contribution >= 0.6 is 0 Å². The summed E-state index contributed by atoms with van der Waals surface area (Å²) in [6.07, 6.45) is -3.42. The maximum Gasteiger partial charge on any atom is 0.433 e. The van der Waals surface area contributed by atoms with Gasteiger partial charge in [0.25, 0.3) is 0 Å². The minimum atomic E-state index is -4.48. The second kappa shape index (κ2) is 5.83. The number of nitrogens with zero attached hydrogens (tertiary/aromatic N) is 1. The van der Waals surface area contributed by atoms with Crippen molar-refractivity contribution in [2.45, 2.75) is 12.2 Å². The van der Waals surface area contributed by atoms with Crippen molar-refractivity contribution in [1.29, 1.82) is 0 Å². The summed E-state index contributed by atoms with van der Waals surface area (Å²) in [6.45, 7) is -0.0440. The number of ether oxygens (including phenoxy) is 1. The molecule has 2 N–H and O–H groups in total. The summed E-state index contributed by atoms with van der Waals surface area (Å²) in [6, 6.07) is 1.83. The van der Waals surface area contributed by atoms with Crippen molar-refractivity contribution >= 4 is 5.69 Å². The van der Waals surface area contributed by atoms with Gasteiger partial charge in [0.15, 0.2) is 0 Å². The van der Waals surface area contributed by atoms with E-state index in [1.54, 1.807) is 0 Å². The van der Waals surface area contributed by atoms with Crippen molar-refractivity contribution in [3.63, 3.8) is 0 Å². The molecule has 0 saturated carbocycles. The van der Waals surface area contributed by atoms with Crippen molar-refractivity contribution in [3.8, 4) is 0 Å². The third kappa shape index (κ3) is 4.20. The van der Waals surface area contributed by atoms with Crippen LogP contribution in [0.2, 0.25) is 0 Å². The summed E-state index contributed by atoms with van der Waals surface area (Å²) in [4.78, 5) is 3.23. The summed E-state index contributed by atoms with van der Waals surface area (Å²) in [5.41, 5.74) is -0.736. The molecule has 0 aliphatic carbocycles. The molecule has 1 unspecified atom stereocenters. The van der Waals surface area contributed by atoms with E-state index in [0.717, 1.165) is 12.3 Å². The highest BCUT2D eigenvalue weighted by Gasteiger charge is 2.32. The van der Waals surface area contributed by atoms with Crippen molar-refractivity contribution in [1.82, 2.24) is 4.98 Å². The van der Waals surface area contributed by atoms with Gasteiger partial charge in [-0.1, -0.05) is 0 Å². The van der Waals surface area contributed by atoms with Gasteiger partial charge >= 0.3 is 6.18 Å². The van der Waals surface area contributed by atoms with Gasteiger partial charge in [-0.2, -0.15) is 13.2 Å². The van der Waals surface area contributed by atoms with E-state index < -0.39 is 17.9 Å². The molecule has 17 heavy (non-hydrogen) atoms. The van der Waals surface area contributed by atoms with Gasteiger partial charge in [-0.05, 0) is 12.1 Å². The van der Waals surface area contributed by atoms with Crippen LogP contribution in [0.5, 0.6) is 0 Å². The molecule has 1 aromatic heterocycles. The zero-order valence-electron chi connectivity index (χ0n) is 9.16. The van der Waals surface area contributed by atoms with Gasteiger partial charge in [0.2, 0.25) is 0 Å². The van der Waals surface area contributed by atoms with Gasteiger partial charge in [0.05, 0.1) is 19.3 Å². The van der Waals surface area contributed by atoms with Crippen LogP contribution < -0.4 is 5.32 Å². The van der Waals surface area contributed by atoms with Crippen LogP contribution in [0.15, 0.2) is 18.3 Å². The van der Waals surface area contributed by atoms with E-state index in [1.807, 2.05) is 0 Å². The molecule has 7 heteroatoms. The quantitative estimate of drug-likeness (QED) is 0.832. The third-order valence-corrected chi connectivity index (χ3v) is 2.01. The number of halogens is 3.